The Balaban J connectivity index is 2.27. The molecule has 0 aliphatic heterocycles. The second-order valence-electron chi connectivity index (χ2n) is 4.31. The third kappa shape index (κ3) is 2.59. The van der Waals surface area contributed by atoms with Crippen molar-refractivity contribution in [1.82, 2.24) is 4.90 Å². The largest absolute Gasteiger partial charge is 0.329 e. The maximum Gasteiger partial charge on any atom is 0.0485 e. The standard InChI is InChI=1S/C12H16BrClN2/c1-16(9-3-4-9)12(7-15)10-6-8(13)2-5-11(10)14/h2,5-6,9,12H,3-4,7,15H2,1H3. The van der Waals surface area contributed by atoms with E-state index in [-0.39, 0.29) is 6.04 Å². The zero-order chi connectivity index (χ0) is 11.7. The van der Waals surface area contributed by atoms with Crippen molar-refractivity contribution in [2.75, 3.05) is 13.6 Å². The zero-order valence-corrected chi connectivity index (χ0v) is 11.6. The summed E-state index contributed by atoms with van der Waals surface area (Å²) in [6.07, 6.45) is 2.55. The highest BCUT2D eigenvalue weighted by molar-refractivity contribution is 9.10. The second-order valence-corrected chi connectivity index (χ2v) is 5.64. The summed E-state index contributed by atoms with van der Waals surface area (Å²) in [6.45, 7) is 0.600. The van der Waals surface area contributed by atoms with Crippen LogP contribution in [0, 0.1) is 0 Å². The molecule has 1 unspecified atom stereocenters. The van der Waals surface area contributed by atoms with Gasteiger partial charge in [0.05, 0.1) is 0 Å². The Kier molecular flexibility index (Phi) is 3.90. The molecule has 1 atom stereocenters. The van der Waals surface area contributed by atoms with Gasteiger partial charge in [-0.3, -0.25) is 4.90 Å². The number of hydrogen-bond acceptors (Lipinski definition) is 2. The lowest BCUT2D eigenvalue weighted by molar-refractivity contribution is 0.240. The van der Waals surface area contributed by atoms with Crippen molar-refractivity contribution in [3.05, 3.63) is 33.3 Å². The van der Waals surface area contributed by atoms with Gasteiger partial charge in [0.15, 0.2) is 0 Å². The minimum absolute atomic E-state index is 0.220. The molecule has 1 aromatic rings. The van der Waals surface area contributed by atoms with E-state index in [0.717, 1.165) is 15.1 Å². The van der Waals surface area contributed by atoms with Crippen molar-refractivity contribution in [1.29, 1.82) is 0 Å². The first-order chi connectivity index (χ1) is 7.63. The molecule has 1 fully saturated rings. The molecule has 0 bridgehead atoms. The molecule has 0 amide bonds. The number of halogens is 2. The van der Waals surface area contributed by atoms with Gasteiger partial charge < -0.3 is 5.73 Å². The number of hydrogen-bond donors (Lipinski definition) is 1. The van der Waals surface area contributed by atoms with Gasteiger partial charge >= 0.3 is 0 Å². The van der Waals surface area contributed by atoms with Crippen molar-refractivity contribution in [2.24, 2.45) is 5.73 Å². The number of nitrogens with zero attached hydrogens (tertiary/aromatic N) is 1. The van der Waals surface area contributed by atoms with Crippen molar-refractivity contribution in [2.45, 2.75) is 24.9 Å². The van der Waals surface area contributed by atoms with Gasteiger partial charge in [0.1, 0.15) is 0 Å². The topological polar surface area (TPSA) is 29.3 Å². The van der Waals surface area contributed by atoms with E-state index in [4.69, 9.17) is 17.3 Å². The Morgan fingerprint density at radius 3 is 2.81 bits per heavy atom. The van der Waals surface area contributed by atoms with Crippen LogP contribution in [-0.2, 0) is 0 Å². The van der Waals surface area contributed by atoms with E-state index in [1.165, 1.54) is 12.8 Å². The Bertz CT molecular complexity index is 379. The molecule has 1 aliphatic carbocycles. The molecular formula is C12H16BrClN2. The molecule has 4 heteroatoms. The third-order valence-corrected chi connectivity index (χ3v) is 3.99. The molecule has 1 aliphatic rings. The molecule has 2 N–H and O–H groups in total. The number of rotatable bonds is 4. The van der Waals surface area contributed by atoms with Crippen LogP contribution in [0.1, 0.15) is 24.4 Å². The van der Waals surface area contributed by atoms with Crippen LogP contribution in [0.25, 0.3) is 0 Å². The van der Waals surface area contributed by atoms with E-state index in [0.29, 0.717) is 12.6 Å². The lowest BCUT2D eigenvalue weighted by Gasteiger charge is -2.28. The van der Waals surface area contributed by atoms with Gasteiger partial charge in [-0.2, -0.15) is 0 Å². The van der Waals surface area contributed by atoms with E-state index in [1.54, 1.807) is 0 Å². The lowest BCUT2D eigenvalue weighted by Crippen LogP contribution is -2.32. The first kappa shape index (κ1) is 12.4. The van der Waals surface area contributed by atoms with Crippen LogP contribution in [0.3, 0.4) is 0 Å². The molecular weight excluding hydrogens is 288 g/mol. The fraction of sp³-hybridized carbons (Fsp3) is 0.500. The molecule has 1 aromatic carbocycles. The lowest BCUT2D eigenvalue weighted by atomic mass is 10.1. The van der Waals surface area contributed by atoms with Gasteiger partial charge in [0.25, 0.3) is 0 Å². The summed E-state index contributed by atoms with van der Waals surface area (Å²) in [5, 5.41) is 0.797. The molecule has 2 nitrogen and oxygen atoms in total. The van der Waals surface area contributed by atoms with Crippen LogP contribution in [0.15, 0.2) is 22.7 Å². The minimum Gasteiger partial charge on any atom is -0.329 e. The van der Waals surface area contributed by atoms with Crippen molar-refractivity contribution in [3.8, 4) is 0 Å². The Morgan fingerprint density at radius 1 is 1.56 bits per heavy atom. The van der Waals surface area contributed by atoms with Crippen molar-refractivity contribution in [3.63, 3.8) is 0 Å². The predicted octanol–water partition coefficient (Wildman–Crippen LogP) is 3.20. The Morgan fingerprint density at radius 2 is 2.25 bits per heavy atom. The molecule has 0 saturated heterocycles. The molecule has 0 radical (unpaired) electrons. The van der Waals surface area contributed by atoms with Crippen LogP contribution in [0.2, 0.25) is 5.02 Å². The van der Waals surface area contributed by atoms with E-state index >= 15 is 0 Å². The summed E-state index contributed by atoms with van der Waals surface area (Å²) in [5.41, 5.74) is 6.99. The molecule has 2 rings (SSSR count). The van der Waals surface area contributed by atoms with E-state index in [1.807, 2.05) is 12.1 Å². The summed E-state index contributed by atoms with van der Waals surface area (Å²) in [4.78, 5) is 2.34. The normalized spacial score (nSPS) is 17.8. The number of nitrogens with two attached hydrogens (primary N) is 1. The highest BCUT2D eigenvalue weighted by Gasteiger charge is 2.31. The summed E-state index contributed by atoms with van der Waals surface area (Å²) in [5.74, 6) is 0. The summed E-state index contributed by atoms with van der Waals surface area (Å²) >= 11 is 9.71. The van der Waals surface area contributed by atoms with Gasteiger partial charge in [-0.15, -0.1) is 0 Å². The third-order valence-electron chi connectivity index (χ3n) is 3.15. The predicted molar refractivity (Wildman–Crippen MR) is 71.7 cm³/mol. The first-order valence-electron chi connectivity index (χ1n) is 5.50. The van der Waals surface area contributed by atoms with Gasteiger partial charge in [-0.1, -0.05) is 27.5 Å². The highest BCUT2D eigenvalue weighted by atomic mass is 79.9. The van der Waals surface area contributed by atoms with E-state index in [9.17, 15) is 0 Å². The van der Waals surface area contributed by atoms with Crippen molar-refractivity contribution >= 4 is 27.5 Å². The summed E-state index contributed by atoms with van der Waals surface area (Å²) in [7, 11) is 2.13. The minimum atomic E-state index is 0.220. The van der Waals surface area contributed by atoms with Gasteiger partial charge in [-0.25, -0.2) is 0 Å². The average Bonchev–Trinajstić information content (AvgIpc) is 3.07. The average molecular weight is 304 g/mol. The summed E-state index contributed by atoms with van der Waals surface area (Å²) in [6, 6.07) is 6.85. The van der Waals surface area contributed by atoms with Crippen LogP contribution in [-0.4, -0.2) is 24.5 Å². The first-order valence-corrected chi connectivity index (χ1v) is 6.67. The maximum absolute atomic E-state index is 6.24. The van der Waals surface area contributed by atoms with Crippen LogP contribution in [0.4, 0.5) is 0 Å². The number of benzene rings is 1. The highest BCUT2D eigenvalue weighted by Crippen LogP contribution is 2.35. The van der Waals surface area contributed by atoms with Gasteiger partial charge in [0, 0.05) is 28.1 Å². The van der Waals surface area contributed by atoms with Crippen molar-refractivity contribution < 1.29 is 0 Å². The maximum atomic E-state index is 6.24. The Hall–Kier alpha value is -0.0900. The quantitative estimate of drug-likeness (QED) is 0.925. The second kappa shape index (κ2) is 5.05. The SMILES string of the molecule is CN(C1CC1)C(CN)c1cc(Br)ccc1Cl. The molecule has 0 spiro atoms. The molecule has 0 heterocycles. The fourth-order valence-electron chi connectivity index (χ4n) is 2.02. The molecule has 1 saturated carbocycles. The molecule has 88 valence electrons. The van der Waals surface area contributed by atoms with E-state index in [2.05, 4.69) is 33.9 Å². The zero-order valence-electron chi connectivity index (χ0n) is 9.29. The van der Waals surface area contributed by atoms with Gasteiger partial charge in [-0.05, 0) is 43.7 Å². The molecule has 0 aromatic heterocycles. The summed E-state index contributed by atoms with van der Waals surface area (Å²) < 4.78 is 1.05. The van der Waals surface area contributed by atoms with Crippen LogP contribution >= 0.6 is 27.5 Å². The monoisotopic (exact) mass is 302 g/mol. The fourth-order valence-corrected chi connectivity index (χ4v) is 2.64. The van der Waals surface area contributed by atoms with Crippen LogP contribution < -0.4 is 5.73 Å². The Labute approximate surface area is 110 Å². The smallest absolute Gasteiger partial charge is 0.0485 e. The molecule has 16 heavy (non-hydrogen) atoms. The number of likely N-dealkylation sites (N-methyl/N-ethyl adjacent to an activating group) is 1. The van der Waals surface area contributed by atoms with E-state index < -0.39 is 0 Å². The van der Waals surface area contributed by atoms with Crippen LogP contribution in [0.5, 0.6) is 0 Å². The van der Waals surface area contributed by atoms with Gasteiger partial charge in [0.2, 0.25) is 0 Å².